The highest BCUT2D eigenvalue weighted by molar-refractivity contribution is 9.10. The Morgan fingerprint density at radius 1 is 1.06 bits per heavy atom. The molecule has 18 heavy (non-hydrogen) atoms. The molecule has 0 bridgehead atoms. The van der Waals surface area contributed by atoms with Gasteiger partial charge in [0.25, 0.3) is 0 Å². The third-order valence-electron chi connectivity index (χ3n) is 2.73. The highest BCUT2D eigenvalue weighted by Crippen LogP contribution is 2.22. The molecule has 0 unspecified atom stereocenters. The molecule has 0 spiro atoms. The van der Waals surface area contributed by atoms with Crippen molar-refractivity contribution in [2.45, 2.75) is 20.4 Å². The number of hydrogen-bond acceptors (Lipinski definition) is 1. The summed E-state index contributed by atoms with van der Waals surface area (Å²) in [5.41, 5.74) is 4.61. The van der Waals surface area contributed by atoms with E-state index in [2.05, 4.69) is 58.5 Å². The van der Waals surface area contributed by atoms with E-state index < -0.39 is 0 Å². The third-order valence-corrected chi connectivity index (χ3v) is 3.54. The third kappa shape index (κ3) is 3.50. The number of benzene rings is 2. The van der Waals surface area contributed by atoms with Crippen LogP contribution in [0.15, 0.2) is 40.9 Å². The Morgan fingerprint density at radius 2 is 1.83 bits per heavy atom. The fourth-order valence-electron chi connectivity index (χ4n) is 1.83. The molecule has 0 fully saturated rings. The summed E-state index contributed by atoms with van der Waals surface area (Å²) in [5, 5.41) is 4.20. The zero-order chi connectivity index (χ0) is 13.1. The summed E-state index contributed by atoms with van der Waals surface area (Å²) in [5.74, 6) is 0. The molecule has 0 saturated carbocycles. The molecule has 1 N–H and O–H groups in total. The zero-order valence-corrected chi connectivity index (χ0v) is 12.8. The lowest BCUT2D eigenvalue weighted by Crippen LogP contribution is -2.00. The molecule has 2 aromatic carbocycles. The second kappa shape index (κ2) is 5.77. The van der Waals surface area contributed by atoms with Gasteiger partial charge in [-0.05, 0) is 54.8 Å². The number of rotatable bonds is 3. The van der Waals surface area contributed by atoms with Crippen molar-refractivity contribution in [2.24, 2.45) is 0 Å². The average Bonchev–Trinajstić information content (AvgIpc) is 2.26. The van der Waals surface area contributed by atoms with Crippen LogP contribution in [0.4, 0.5) is 5.69 Å². The maximum Gasteiger partial charge on any atom is 0.0458 e. The fourth-order valence-corrected chi connectivity index (χ4v) is 2.74. The molecule has 0 saturated heterocycles. The van der Waals surface area contributed by atoms with E-state index in [1.807, 2.05) is 13.0 Å². The Bertz CT molecular complexity index is 546. The second-order valence-electron chi connectivity index (χ2n) is 4.47. The molecule has 3 heteroatoms. The molecular weight excluding hydrogens is 310 g/mol. The number of anilines is 1. The van der Waals surface area contributed by atoms with E-state index >= 15 is 0 Å². The van der Waals surface area contributed by atoms with Gasteiger partial charge in [-0.15, -0.1) is 0 Å². The Hall–Kier alpha value is -0.990. The van der Waals surface area contributed by atoms with Crippen LogP contribution in [0, 0.1) is 13.8 Å². The number of aryl methyl sites for hydroxylation is 2. The topological polar surface area (TPSA) is 12.0 Å². The van der Waals surface area contributed by atoms with Crippen LogP contribution in [0.3, 0.4) is 0 Å². The molecule has 2 rings (SSSR count). The van der Waals surface area contributed by atoms with E-state index in [0.29, 0.717) is 0 Å². The van der Waals surface area contributed by atoms with Crippen LogP contribution in [-0.4, -0.2) is 0 Å². The van der Waals surface area contributed by atoms with E-state index in [9.17, 15) is 0 Å². The molecule has 0 heterocycles. The molecule has 94 valence electrons. The van der Waals surface area contributed by atoms with Crippen molar-refractivity contribution < 1.29 is 0 Å². The van der Waals surface area contributed by atoms with Crippen LogP contribution in [-0.2, 0) is 6.54 Å². The van der Waals surface area contributed by atoms with Crippen LogP contribution in [0.5, 0.6) is 0 Å². The van der Waals surface area contributed by atoms with Crippen molar-refractivity contribution in [1.82, 2.24) is 0 Å². The van der Waals surface area contributed by atoms with E-state index in [4.69, 9.17) is 11.6 Å². The van der Waals surface area contributed by atoms with Crippen molar-refractivity contribution >= 4 is 33.2 Å². The van der Waals surface area contributed by atoms with Crippen LogP contribution in [0.1, 0.15) is 16.7 Å². The first kappa shape index (κ1) is 13.4. The predicted octanol–water partition coefficient (Wildman–Crippen LogP) is 5.33. The van der Waals surface area contributed by atoms with Crippen LogP contribution in [0.25, 0.3) is 0 Å². The highest BCUT2D eigenvalue weighted by atomic mass is 79.9. The molecule has 0 radical (unpaired) electrons. The Morgan fingerprint density at radius 3 is 2.50 bits per heavy atom. The normalized spacial score (nSPS) is 10.4. The summed E-state index contributed by atoms with van der Waals surface area (Å²) in [6, 6.07) is 12.4. The number of nitrogens with one attached hydrogen (secondary N) is 1. The predicted molar refractivity (Wildman–Crippen MR) is 82.4 cm³/mol. The molecule has 2 aromatic rings. The minimum absolute atomic E-state index is 0.731. The van der Waals surface area contributed by atoms with Gasteiger partial charge >= 0.3 is 0 Å². The van der Waals surface area contributed by atoms with Gasteiger partial charge in [0.2, 0.25) is 0 Å². The first-order valence-electron chi connectivity index (χ1n) is 5.81. The van der Waals surface area contributed by atoms with Crippen molar-refractivity contribution in [3.63, 3.8) is 0 Å². The quantitative estimate of drug-likeness (QED) is 0.804. The molecule has 1 nitrogen and oxygen atoms in total. The average molecular weight is 325 g/mol. The number of hydrogen-bond donors (Lipinski definition) is 1. The summed E-state index contributed by atoms with van der Waals surface area (Å²) < 4.78 is 1.08. The van der Waals surface area contributed by atoms with E-state index in [0.717, 1.165) is 27.3 Å². The Labute approximate surface area is 121 Å². The van der Waals surface area contributed by atoms with Gasteiger partial charge in [-0.25, -0.2) is 0 Å². The molecule has 0 amide bonds. The largest absolute Gasteiger partial charge is 0.381 e. The zero-order valence-electron chi connectivity index (χ0n) is 10.4. The minimum atomic E-state index is 0.731. The van der Waals surface area contributed by atoms with E-state index in [1.54, 1.807) is 0 Å². The Kier molecular flexibility index (Phi) is 4.31. The maximum absolute atomic E-state index is 6.21. The lowest BCUT2D eigenvalue weighted by Gasteiger charge is -2.10. The van der Waals surface area contributed by atoms with Gasteiger partial charge in [-0.1, -0.05) is 39.7 Å². The van der Waals surface area contributed by atoms with Crippen molar-refractivity contribution in [3.8, 4) is 0 Å². The summed E-state index contributed by atoms with van der Waals surface area (Å²) in [6.07, 6.45) is 0. The van der Waals surface area contributed by atoms with Crippen molar-refractivity contribution in [3.05, 3.63) is 62.6 Å². The summed E-state index contributed by atoms with van der Waals surface area (Å²) in [6.45, 7) is 4.85. The van der Waals surface area contributed by atoms with Gasteiger partial charge in [0.15, 0.2) is 0 Å². The van der Waals surface area contributed by atoms with Crippen LogP contribution >= 0.6 is 27.5 Å². The molecule has 0 aliphatic heterocycles. The lowest BCUT2D eigenvalue weighted by molar-refractivity contribution is 1.14. The van der Waals surface area contributed by atoms with E-state index in [-0.39, 0.29) is 0 Å². The van der Waals surface area contributed by atoms with Gasteiger partial charge < -0.3 is 5.32 Å². The SMILES string of the molecule is Cc1cc(Br)cc(NCc2ccc(C)cc2Cl)c1. The molecule has 0 aliphatic carbocycles. The molecule has 0 atom stereocenters. The Balaban J connectivity index is 2.11. The first-order valence-corrected chi connectivity index (χ1v) is 6.98. The van der Waals surface area contributed by atoms with Crippen LogP contribution in [0.2, 0.25) is 5.02 Å². The van der Waals surface area contributed by atoms with Gasteiger partial charge in [0.1, 0.15) is 0 Å². The first-order chi connectivity index (χ1) is 8.54. The fraction of sp³-hybridized carbons (Fsp3) is 0.200. The standard InChI is InChI=1S/C15H15BrClN/c1-10-3-4-12(15(17)7-10)9-18-14-6-11(2)5-13(16)8-14/h3-8,18H,9H2,1-2H3. The van der Waals surface area contributed by atoms with Gasteiger partial charge in [0.05, 0.1) is 0 Å². The summed E-state index contributed by atoms with van der Waals surface area (Å²) in [7, 11) is 0. The van der Waals surface area contributed by atoms with E-state index in [1.165, 1.54) is 11.1 Å². The van der Waals surface area contributed by atoms with Gasteiger partial charge in [-0.3, -0.25) is 0 Å². The number of halogens is 2. The maximum atomic E-state index is 6.21. The van der Waals surface area contributed by atoms with Gasteiger partial charge in [-0.2, -0.15) is 0 Å². The lowest BCUT2D eigenvalue weighted by atomic mass is 10.1. The smallest absolute Gasteiger partial charge is 0.0458 e. The highest BCUT2D eigenvalue weighted by Gasteiger charge is 2.01. The monoisotopic (exact) mass is 323 g/mol. The van der Waals surface area contributed by atoms with Crippen LogP contribution < -0.4 is 5.32 Å². The summed E-state index contributed by atoms with van der Waals surface area (Å²) in [4.78, 5) is 0. The van der Waals surface area contributed by atoms with Crippen molar-refractivity contribution in [2.75, 3.05) is 5.32 Å². The molecule has 0 aromatic heterocycles. The molecular formula is C15H15BrClN. The van der Waals surface area contributed by atoms with Crippen molar-refractivity contribution in [1.29, 1.82) is 0 Å². The molecule has 0 aliphatic rings. The van der Waals surface area contributed by atoms with Gasteiger partial charge in [0, 0.05) is 21.7 Å². The minimum Gasteiger partial charge on any atom is -0.381 e. The second-order valence-corrected chi connectivity index (χ2v) is 5.79. The summed E-state index contributed by atoms with van der Waals surface area (Å²) >= 11 is 9.71.